The van der Waals surface area contributed by atoms with Crippen LogP contribution in [0, 0.1) is 0 Å². The number of likely N-dealkylation sites (tertiary alicyclic amines) is 1. The van der Waals surface area contributed by atoms with Crippen molar-refractivity contribution in [3.05, 3.63) is 69.8 Å². The zero-order valence-electron chi connectivity index (χ0n) is 18.5. The van der Waals surface area contributed by atoms with Crippen molar-refractivity contribution >= 4 is 29.1 Å². The highest BCUT2D eigenvalue weighted by Crippen LogP contribution is 2.41. The van der Waals surface area contributed by atoms with Crippen molar-refractivity contribution < 1.29 is 19.4 Å². The maximum Gasteiger partial charge on any atom is 0.295 e. The van der Waals surface area contributed by atoms with Gasteiger partial charge in [0.25, 0.3) is 11.7 Å². The lowest BCUT2D eigenvalue weighted by molar-refractivity contribution is -0.139. The molecule has 0 radical (unpaired) electrons. The third-order valence-electron chi connectivity index (χ3n) is 5.88. The van der Waals surface area contributed by atoms with Crippen molar-refractivity contribution in [3.63, 3.8) is 0 Å². The Bertz CT molecular complexity index is 1100. The monoisotopic (exact) mass is 454 g/mol. The van der Waals surface area contributed by atoms with Crippen molar-refractivity contribution in [1.82, 2.24) is 9.80 Å². The van der Waals surface area contributed by atoms with E-state index < -0.39 is 17.7 Å². The molecular weight excluding hydrogens is 428 g/mol. The number of halogens is 1. The molecule has 0 aliphatic carbocycles. The summed E-state index contributed by atoms with van der Waals surface area (Å²) in [4.78, 5) is 29.7. The molecule has 168 valence electrons. The fraction of sp³-hybridized carbons (Fsp3) is 0.360. The molecule has 0 unspecified atom stereocenters. The van der Waals surface area contributed by atoms with Crippen LogP contribution in [-0.4, -0.2) is 59.9 Å². The lowest BCUT2D eigenvalue weighted by atomic mass is 9.94. The minimum absolute atomic E-state index is 0.0659. The summed E-state index contributed by atoms with van der Waals surface area (Å²) in [5.74, 6) is -0.675. The predicted octanol–water partition coefficient (Wildman–Crippen LogP) is 4.04. The van der Waals surface area contributed by atoms with Gasteiger partial charge in [-0.15, -0.1) is 0 Å². The fourth-order valence-corrected chi connectivity index (χ4v) is 4.61. The summed E-state index contributed by atoms with van der Waals surface area (Å²) < 4.78 is 5.74. The second-order valence-electron chi connectivity index (χ2n) is 8.66. The number of hydrogen-bond donors (Lipinski definition) is 1. The first kappa shape index (κ1) is 22.4. The third kappa shape index (κ3) is 4.25. The van der Waals surface area contributed by atoms with Gasteiger partial charge in [0.05, 0.1) is 11.6 Å². The number of carbonyl (C=O) groups is 2. The summed E-state index contributed by atoms with van der Waals surface area (Å²) in [5.41, 5.74) is 2.26. The van der Waals surface area contributed by atoms with E-state index in [0.29, 0.717) is 29.1 Å². The SMILES string of the molecule is C[C@@H]1Cc2cc(C(O)=C3C(=O)C(=O)N(CCCN(C)C)[C@@H]3c3cccc(Cl)c3)ccc2O1. The molecule has 2 atom stereocenters. The zero-order valence-corrected chi connectivity index (χ0v) is 19.2. The number of benzene rings is 2. The van der Waals surface area contributed by atoms with Crippen LogP contribution in [0.5, 0.6) is 5.75 Å². The number of Topliss-reactive ketones (excluding diaryl/α,β-unsaturated/α-hetero) is 1. The summed E-state index contributed by atoms with van der Waals surface area (Å²) in [6.45, 7) is 3.15. The van der Waals surface area contributed by atoms with Gasteiger partial charge >= 0.3 is 0 Å². The Kier molecular flexibility index (Phi) is 6.26. The Morgan fingerprint density at radius 1 is 1.22 bits per heavy atom. The van der Waals surface area contributed by atoms with Crippen molar-refractivity contribution in [3.8, 4) is 5.75 Å². The van der Waals surface area contributed by atoms with Crippen molar-refractivity contribution in [1.29, 1.82) is 0 Å². The Labute approximate surface area is 193 Å². The van der Waals surface area contributed by atoms with Crippen LogP contribution < -0.4 is 4.74 Å². The standard InChI is InChI=1S/C25H27ClN2O4/c1-15-12-18-13-17(8-9-20(18)32-15)23(29)21-22(16-6-4-7-19(26)14-16)28(25(31)24(21)30)11-5-10-27(2)3/h4,6-9,13-15,22,29H,5,10-12H2,1-3H3/t15-,22-/m1/s1. The first-order valence-corrected chi connectivity index (χ1v) is 11.1. The van der Waals surface area contributed by atoms with Gasteiger partial charge in [-0.25, -0.2) is 0 Å². The van der Waals surface area contributed by atoms with Crippen LogP contribution in [0.1, 0.15) is 36.1 Å². The van der Waals surface area contributed by atoms with Crippen LogP contribution >= 0.6 is 11.6 Å². The molecule has 2 aliphatic heterocycles. The molecule has 2 aromatic carbocycles. The van der Waals surface area contributed by atoms with Crippen LogP contribution in [0.2, 0.25) is 5.02 Å². The highest BCUT2D eigenvalue weighted by Gasteiger charge is 2.45. The number of rotatable bonds is 6. The molecule has 2 heterocycles. The first-order chi connectivity index (χ1) is 15.3. The first-order valence-electron chi connectivity index (χ1n) is 10.7. The second-order valence-corrected chi connectivity index (χ2v) is 9.10. The lowest BCUT2D eigenvalue weighted by Crippen LogP contribution is -2.32. The molecule has 1 N–H and O–H groups in total. The van der Waals surface area contributed by atoms with Crippen LogP contribution in [0.15, 0.2) is 48.0 Å². The summed E-state index contributed by atoms with van der Waals surface area (Å²) >= 11 is 6.22. The smallest absolute Gasteiger partial charge is 0.295 e. The molecule has 1 amide bonds. The normalized spacial score (nSPS) is 21.8. The number of ketones is 1. The lowest BCUT2D eigenvalue weighted by Gasteiger charge is -2.26. The summed E-state index contributed by atoms with van der Waals surface area (Å²) in [5, 5.41) is 11.7. The van der Waals surface area contributed by atoms with E-state index in [9.17, 15) is 14.7 Å². The molecule has 2 aromatic rings. The Morgan fingerprint density at radius 3 is 2.72 bits per heavy atom. The van der Waals surface area contributed by atoms with Gasteiger partial charge in [0.2, 0.25) is 0 Å². The zero-order chi connectivity index (χ0) is 23.0. The molecular formula is C25H27ClN2O4. The molecule has 4 rings (SSSR count). The highest BCUT2D eigenvalue weighted by molar-refractivity contribution is 6.46. The maximum absolute atomic E-state index is 13.1. The van der Waals surface area contributed by atoms with E-state index in [-0.39, 0.29) is 17.4 Å². The van der Waals surface area contributed by atoms with Crippen LogP contribution in [0.3, 0.4) is 0 Å². The largest absolute Gasteiger partial charge is 0.507 e. The highest BCUT2D eigenvalue weighted by atomic mass is 35.5. The molecule has 0 aromatic heterocycles. The van der Waals surface area contributed by atoms with Gasteiger partial charge in [-0.05, 0) is 75.4 Å². The van der Waals surface area contributed by atoms with Gasteiger partial charge in [0, 0.05) is 23.6 Å². The molecule has 6 nitrogen and oxygen atoms in total. The minimum Gasteiger partial charge on any atom is -0.507 e. The van der Waals surface area contributed by atoms with Gasteiger partial charge < -0.3 is 19.6 Å². The van der Waals surface area contributed by atoms with Crippen LogP contribution in [0.25, 0.3) is 5.76 Å². The minimum atomic E-state index is -0.695. The maximum atomic E-state index is 13.1. The van der Waals surface area contributed by atoms with E-state index >= 15 is 0 Å². The molecule has 1 fully saturated rings. The number of ether oxygens (including phenoxy) is 1. The molecule has 7 heteroatoms. The van der Waals surface area contributed by atoms with Crippen LogP contribution in [-0.2, 0) is 16.0 Å². The molecule has 1 saturated heterocycles. The van der Waals surface area contributed by atoms with E-state index in [2.05, 4.69) is 0 Å². The molecule has 32 heavy (non-hydrogen) atoms. The van der Waals surface area contributed by atoms with Gasteiger partial charge in [-0.2, -0.15) is 0 Å². The Hall–Kier alpha value is -2.83. The molecule has 2 aliphatic rings. The van der Waals surface area contributed by atoms with E-state index in [0.717, 1.165) is 24.3 Å². The van der Waals surface area contributed by atoms with Crippen molar-refractivity contribution in [2.45, 2.75) is 31.9 Å². The van der Waals surface area contributed by atoms with Gasteiger partial charge in [-0.3, -0.25) is 9.59 Å². The third-order valence-corrected chi connectivity index (χ3v) is 6.11. The van der Waals surface area contributed by atoms with E-state index in [1.165, 1.54) is 0 Å². The molecule has 0 saturated carbocycles. The quantitative estimate of drug-likeness (QED) is 0.405. The van der Waals surface area contributed by atoms with Gasteiger partial charge in [0.1, 0.15) is 17.6 Å². The second kappa shape index (κ2) is 8.96. The Morgan fingerprint density at radius 2 is 2.00 bits per heavy atom. The summed E-state index contributed by atoms with van der Waals surface area (Å²) in [6.07, 6.45) is 1.49. The number of aliphatic hydroxyl groups excluding tert-OH is 1. The number of hydrogen-bond acceptors (Lipinski definition) is 5. The van der Waals surface area contributed by atoms with Crippen molar-refractivity contribution in [2.24, 2.45) is 0 Å². The van der Waals surface area contributed by atoms with E-state index in [1.807, 2.05) is 38.1 Å². The predicted molar refractivity (Wildman–Crippen MR) is 124 cm³/mol. The number of amides is 1. The van der Waals surface area contributed by atoms with Gasteiger partial charge in [-0.1, -0.05) is 23.7 Å². The number of fused-ring (bicyclic) bond motifs is 1. The number of nitrogens with zero attached hydrogens (tertiary/aromatic N) is 2. The summed E-state index contributed by atoms with van der Waals surface area (Å²) in [6, 6.07) is 11.8. The Balaban J connectivity index is 1.78. The average molecular weight is 455 g/mol. The topological polar surface area (TPSA) is 70.1 Å². The van der Waals surface area contributed by atoms with Crippen molar-refractivity contribution in [2.75, 3.05) is 27.2 Å². The number of carbonyl (C=O) groups excluding carboxylic acids is 2. The van der Waals surface area contributed by atoms with E-state index in [4.69, 9.17) is 16.3 Å². The average Bonchev–Trinajstić information content (AvgIpc) is 3.24. The summed E-state index contributed by atoms with van der Waals surface area (Å²) in [7, 11) is 3.92. The molecule has 0 spiro atoms. The fourth-order valence-electron chi connectivity index (χ4n) is 4.42. The van der Waals surface area contributed by atoms with Crippen LogP contribution in [0.4, 0.5) is 0 Å². The van der Waals surface area contributed by atoms with Gasteiger partial charge in [0.15, 0.2) is 0 Å². The number of aliphatic hydroxyl groups is 1. The molecule has 0 bridgehead atoms. The van der Waals surface area contributed by atoms with E-state index in [1.54, 1.807) is 35.2 Å².